The molecule has 4 rings (SSSR count). The topological polar surface area (TPSA) is 56.8 Å². The Labute approximate surface area is 191 Å². The molecule has 1 aromatic carbocycles. The molecule has 0 N–H and O–H groups in total. The highest BCUT2D eigenvalue weighted by molar-refractivity contribution is 6.07. The van der Waals surface area contributed by atoms with Gasteiger partial charge in [-0.3, -0.25) is 14.7 Å². The molecule has 2 saturated heterocycles. The lowest BCUT2D eigenvalue weighted by Gasteiger charge is -2.44. The van der Waals surface area contributed by atoms with Gasteiger partial charge in [0.2, 0.25) is 0 Å². The molecule has 2 aliphatic heterocycles. The van der Waals surface area contributed by atoms with Crippen LogP contribution in [0, 0.1) is 0 Å². The summed E-state index contributed by atoms with van der Waals surface area (Å²) < 4.78 is 0. The van der Waals surface area contributed by atoms with Crippen LogP contribution in [0.4, 0.5) is 4.79 Å². The smallest absolute Gasteiger partial charge is 0.305 e. The highest BCUT2D eigenvalue weighted by Crippen LogP contribution is 2.39. The van der Waals surface area contributed by atoms with Crippen LogP contribution in [0.1, 0.15) is 50.7 Å². The Morgan fingerprint density at radius 1 is 1.03 bits per heavy atom. The van der Waals surface area contributed by atoms with Crippen molar-refractivity contribution in [2.24, 2.45) is 0 Å². The maximum absolute atomic E-state index is 13.7. The average Bonchev–Trinajstić information content (AvgIpc) is 3.02. The number of aromatic nitrogens is 1. The standard InChI is InChI=1S/C26H34N4O2/c1-3-21(2)28-17-13-26(14-18-28)24(31)29(16-8-12-22-11-7-15-27-19-22)25(32)30(26)20-23-9-5-4-6-10-23/h4-7,9-11,15,19,21H,3,8,12-14,16-18,20H2,1-2H3/t21-/m0/s1. The van der Waals surface area contributed by atoms with Gasteiger partial charge in [0.1, 0.15) is 5.54 Å². The molecule has 0 unspecified atom stereocenters. The zero-order valence-corrected chi connectivity index (χ0v) is 19.2. The van der Waals surface area contributed by atoms with Gasteiger partial charge in [-0.25, -0.2) is 4.79 Å². The molecule has 0 bridgehead atoms. The summed E-state index contributed by atoms with van der Waals surface area (Å²) in [5.41, 5.74) is 1.48. The number of benzene rings is 1. The van der Waals surface area contributed by atoms with E-state index in [1.807, 2.05) is 53.6 Å². The molecule has 1 spiro atoms. The Hall–Kier alpha value is -2.73. The predicted molar refractivity (Wildman–Crippen MR) is 125 cm³/mol. The Balaban J connectivity index is 1.52. The number of hydrogen-bond donors (Lipinski definition) is 0. The molecule has 2 aromatic rings. The predicted octanol–water partition coefficient (Wildman–Crippen LogP) is 4.11. The van der Waals surface area contributed by atoms with Crippen LogP contribution in [0.5, 0.6) is 0 Å². The third kappa shape index (κ3) is 4.42. The highest BCUT2D eigenvalue weighted by atomic mass is 16.2. The number of aryl methyl sites for hydroxylation is 1. The van der Waals surface area contributed by atoms with E-state index >= 15 is 0 Å². The number of carbonyl (C=O) groups is 2. The summed E-state index contributed by atoms with van der Waals surface area (Å²) >= 11 is 0. The number of urea groups is 1. The van der Waals surface area contributed by atoms with Crippen molar-refractivity contribution < 1.29 is 9.59 Å². The first kappa shape index (κ1) is 22.5. The number of likely N-dealkylation sites (tertiary alicyclic amines) is 1. The second-order valence-corrected chi connectivity index (χ2v) is 9.10. The fourth-order valence-corrected chi connectivity index (χ4v) is 5.03. The normalized spacial score (nSPS) is 19.7. The minimum absolute atomic E-state index is 0.00609. The summed E-state index contributed by atoms with van der Waals surface area (Å²) in [6.45, 7) is 7.07. The quantitative estimate of drug-likeness (QED) is 0.587. The zero-order valence-electron chi connectivity index (χ0n) is 19.2. The summed E-state index contributed by atoms with van der Waals surface area (Å²) in [6.07, 6.45) is 7.65. The van der Waals surface area contributed by atoms with Gasteiger partial charge in [-0.2, -0.15) is 0 Å². The van der Waals surface area contributed by atoms with E-state index in [2.05, 4.69) is 23.7 Å². The van der Waals surface area contributed by atoms with Crippen molar-refractivity contribution in [3.05, 3.63) is 66.0 Å². The summed E-state index contributed by atoms with van der Waals surface area (Å²) in [5, 5.41) is 0. The third-order valence-corrected chi connectivity index (χ3v) is 7.21. The summed E-state index contributed by atoms with van der Waals surface area (Å²) in [4.78, 5) is 37.2. The highest BCUT2D eigenvalue weighted by Gasteiger charge is 2.57. The Kier molecular flexibility index (Phi) is 6.89. The van der Waals surface area contributed by atoms with Gasteiger partial charge in [-0.05, 0) is 56.2 Å². The summed E-state index contributed by atoms with van der Waals surface area (Å²) in [7, 11) is 0. The maximum Gasteiger partial charge on any atom is 0.327 e. The van der Waals surface area contributed by atoms with Crippen LogP contribution >= 0.6 is 0 Å². The van der Waals surface area contributed by atoms with Crippen molar-refractivity contribution in [1.82, 2.24) is 19.7 Å². The molecule has 1 atom stereocenters. The first-order chi connectivity index (χ1) is 15.5. The van der Waals surface area contributed by atoms with Crippen LogP contribution in [-0.2, 0) is 17.8 Å². The molecule has 0 saturated carbocycles. The second-order valence-electron chi connectivity index (χ2n) is 9.10. The number of piperidine rings is 1. The van der Waals surface area contributed by atoms with Gasteiger partial charge in [0.15, 0.2) is 0 Å². The number of pyridine rings is 1. The van der Waals surface area contributed by atoms with E-state index in [9.17, 15) is 9.59 Å². The Morgan fingerprint density at radius 2 is 1.75 bits per heavy atom. The SMILES string of the molecule is CC[C@H](C)N1CCC2(CC1)C(=O)N(CCCc1cccnc1)C(=O)N2Cc1ccccc1. The van der Waals surface area contributed by atoms with Gasteiger partial charge in [-0.1, -0.05) is 43.3 Å². The van der Waals surface area contributed by atoms with E-state index in [1.165, 1.54) is 4.90 Å². The number of amides is 3. The second kappa shape index (κ2) is 9.82. The first-order valence-electron chi connectivity index (χ1n) is 11.9. The summed E-state index contributed by atoms with van der Waals surface area (Å²) in [5.74, 6) is -0.00609. The van der Waals surface area contributed by atoms with E-state index in [0.717, 1.165) is 43.5 Å². The van der Waals surface area contributed by atoms with Gasteiger partial charge in [0, 0.05) is 44.6 Å². The fraction of sp³-hybridized carbons (Fsp3) is 0.500. The van der Waals surface area contributed by atoms with E-state index in [4.69, 9.17) is 0 Å². The molecule has 1 aromatic heterocycles. The van der Waals surface area contributed by atoms with Crippen LogP contribution < -0.4 is 0 Å². The maximum atomic E-state index is 13.7. The van der Waals surface area contributed by atoms with Crippen molar-refractivity contribution in [2.45, 2.75) is 64.1 Å². The average molecular weight is 435 g/mol. The molecule has 0 aliphatic carbocycles. The monoisotopic (exact) mass is 434 g/mol. The Morgan fingerprint density at radius 3 is 2.41 bits per heavy atom. The zero-order chi connectivity index (χ0) is 22.6. The van der Waals surface area contributed by atoms with Crippen molar-refractivity contribution in [2.75, 3.05) is 19.6 Å². The van der Waals surface area contributed by atoms with Crippen molar-refractivity contribution in [3.8, 4) is 0 Å². The lowest BCUT2D eigenvalue weighted by Crippen LogP contribution is -2.57. The molecule has 2 fully saturated rings. The van der Waals surface area contributed by atoms with Crippen molar-refractivity contribution >= 4 is 11.9 Å². The lowest BCUT2D eigenvalue weighted by atomic mass is 9.85. The third-order valence-electron chi connectivity index (χ3n) is 7.21. The van der Waals surface area contributed by atoms with E-state index in [-0.39, 0.29) is 11.9 Å². The number of carbonyl (C=O) groups excluding carboxylic acids is 2. The number of rotatable bonds is 8. The summed E-state index contributed by atoms with van der Waals surface area (Å²) in [6, 6.07) is 14.3. The molecule has 0 radical (unpaired) electrons. The van der Waals surface area contributed by atoms with Crippen LogP contribution in [0.2, 0.25) is 0 Å². The van der Waals surface area contributed by atoms with Crippen molar-refractivity contribution in [1.29, 1.82) is 0 Å². The number of hydrogen-bond acceptors (Lipinski definition) is 4. The van der Waals surface area contributed by atoms with E-state index in [0.29, 0.717) is 32.0 Å². The first-order valence-corrected chi connectivity index (χ1v) is 11.9. The van der Waals surface area contributed by atoms with Crippen LogP contribution in [0.3, 0.4) is 0 Å². The molecule has 6 nitrogen and oxygen atoms in total. The molecule has 6 heteroatoms. The molecular formula is C26H34N4O2. The van der Waals surface area contributed by atoms with E-state index in [1.54, 1.807) is 6.20 Å². The molecule has 32 heavy (non-hydrogen) atoms. The van der Waals surface area contributed by atoms with Crippen LogP contribution in [0.15, 0.2) is 54.9 Å². The van der Waals surface area contributed by atoms with E-state index < -0.39 is 5.54 Å². The van der Waals surface area contributed by atoms with Gasteiger partial charge in [-0.15, -0.1) is 0 Å². The van der Waals surface area contributed by atoms with Gasteiger partial charge >= 0.3 is 6.03 Å². The Bertz CT molecular complexity index is 910. The largest absolute Gasteiger partial charge is 0.327 e. The molecule has 3 heterocycles. The fourth-order valence-electron chi connectivity index (χ4n) is 5.03. The van der Waals surface area contributed by atoms with Gasteiger partial charge in [0.25, 0.3) is 5.91 Å². The van der Waals surface area contributed by atoms with Gasteiger partial charge in [0.05, 0.1) is 0 Å². The van der Waals surface area contributed by atoms with Crippen molar-refractivity contribution in [3.63, 3.8) is 0 Å². The molecular weight excluding hydrogens is 400 g/mol. The minimum Gasteiger partial charge on any atom is -0.305 e. The van der Waals surface area contributed by atoms with Crippen LogP contribution in [-0.4, -0.2) is 62.8 Å². The number of imide groups is 1. The molecule has 3 amide bonds. The lowest BCUT2D eigenvalue weighted by molar-refractivity contribution is -0.136. The molecule has 2 aliphatic rings. The van der Waals surface area contributed by atoms with Gasteiger partial charge < -0.3 is 9.80 Å². The minimum atomic E-state index is -0.717. The number of nitrogens with zero attached hydrogens (tertiary/aromatic N) is 4. The van der Waals surface area contributed by atoms with Crippen LogP contribution in [0.25, 0.3) is 0 Å². The molecule has 170 valence electrons.